The first-order valence-electron chi connectivity index (χ1n) is 6.20. The molecule has 0 aliphatic heterocycles. The van der Waals surface area contributed by atoms with Crippen molar-refractivity contribution in [1.29, 1.82) is 0 Å². The maximum absolute atomic E-state index is 11.1. The van der Waals surface area contributed by atoms with Gasteiger partial charge in [0.05, 0.1) is 19.1 Å². The Morgan fingerprint density at radius 3 is 2.67 bits per heavy atom. The molecule has 1 N–H and O–H groups in total. The van der Waals surface area contributed by atoms with E-state index in [0.717, 1.165) is 5.56 Å². The van der Waals surface area contributed by atoms with Gasteiger partial charge in [0, 0.05) is 5.92 Å². The Kier molecular flexibility index (Phi) is 6.15. The first kappa shape index (κ1) is 14.5. The van der Waals surface area contributed by atoms with Gasteiger partial charge in [-0.15, -0.1) is 0 Å². The maximum atomic E-state index is 11.1. The third-order valence-electron chi connectivity index (χ3n) is 2.67. The van der Waals surface area contributed by atoms with Crippen LogP contribution in [0.25, 0.3) is 0 Å². The highest BCUT2D eigenvalue weighted by Gasteiger charge is 2.13. The van der Waals surface area contributed by atoms with Crippen LogP contribution >= 0.6 is 0 Å². The van der Waals surface area contributed by atoms with Gasteiger partial charge in [-0.3, -0.25) is 4.79 Å². The standard InChI is InChI=1S/C15H20O3/c1-3-18-14(16)11-7-8-12(2)15(17)13-9-5-4-6-10-13/h4-10,12,15,17H,3,11H2,1-2H3/b8-7-/t12-,15-/m1/s1. The highest BCUT2D eigenvalue weighted by Crippen LogP contribution is 2.22. The van der Waals surface area contributed by atoms with E-state index in [1.165, 1.54) is 0 Å². The number of hydrogen-bond donors (Lipinski definition) is 1. The Labute approximate surface area is 108 Å². The van der Waals surface area contributed by atoms with E-state index in [1.54, 1.807) is 13.0 Å². The molecule has 0 bridgehead atoms. The summed E-state index contributed by atoms with van der Waals surface area (Å²) in [6.45, 7) is 4.09. The van der Waals surface area contributed by atoms with Gasteiger partial charge in [-0.05, 0) is 12.5 Å². The van der Waals surface area contributed by atoms with Crippen LogP contribution in [-0.2, 0) is 9.53 Å². The second-order valence-electron chi connectivity index (χ2n) is 4.15. The lowest BCUT2D eigenvalue weighted by Gasteiger charge is -2.15. The second-order valence-corrected chi connectivity index (χ2v) is 4.15. The smallest absolute Gasteiger partial charge is 0.309 e. The molecule has 0 amide bonds. The van der Waals surface area contributed by atoms with Crippen molar-refractivity contribution in [1.82, 2.24) is 0 Å². The number of carbonyl (C=O) groups is 1. The third kappa shape index (κ3) is 4.72. The number of carbonyl (C=O) groups excluding carboxylic acids is 1. The molecule has 0 aliphatic rings. The predicted octanol–water partition coefficient (Wildman–Crippen LogP) is 2.87. The zero-order valence-electron chi connectivity index (χ0n) is 10.9. The summed E-state index contributed by atoms with van der Waals surface area (Å²) in [4.78, 5) is 11.1. The molecule has 0 radical (unpaired) electrons. The van der Waals surface area contributed by atoms with Crippen molar-refractivity contribution in [2.24, 2.45) is 5.92 Å². The summed E-state index contributed by atoms with van der Waals surface area (Å²) in [5.74, 6) is -0.281. The summed E-state index contributed by atoms with van der Waals surface area (Å²) in [6, 6.07) is 9.49. The zero-order chi connectivity index (χ0) is 13.4. The minimum absolute atomic E-state index is 0.0400. The van der Waals surface area contributed by atoms with E-state index in [9.17, 15) is 9.90 Å². The Bertz CT molecular complexity index is 384. The molecular formula is C15H20O3. The normalized spacial score (nSPS) is 14.4. The fourth-order valence-electron chi connectivity index (χ4n) is 1.66. The highest BCUT2D eigenvalue weighted by atomic mass is 16.5. The first-order chi connectivity index (χ1) is 8.65. The molecule has 3 nitrogen and oxygen atoms in total. The number of esters is 1. The lowest BCUT2D eigenvalue weighted by molar-refractivity contribution is -0.142. The van der Waals surface area contributed by atoms with Crippen molar-refractivity contribution in [2.45, 2.75) is 26.4 Å². The molecule has 0 aliphatic carbocycles. The number of benzene rings is 1. The maximum Gasteiger partial charge on any atom is 0.309 e. The molecule has 0 spiro atoms. The van der Waals surface area contributed by atoms with Crippen LogP contribution in [0, 0.1) is 5.92 Å². The molecule has 1 aromatic carbocycles. The quantitative estimate of drug-likeness (QED) is 0.622. The Morgan fingerprint density at radius 2 is 2.06 bits per heavy atom. The monoisotopic (exact) mass is 248 g/mol. The number of aliphatic hydroxyl groups excluding tert-OH is 1. The van der Waals surface area contributed by atoms with Gasteiger partial charge in [-0.1, -0.05) is 49.4 Å². The first-order valence-corrected chi connectivity index (χ1v) is 6.20. The molecule has 98 valence electrons. The van der Waals surface area contributed by atoms with E-state index in [-0.39, 0.29) is 18.3 Å². The minimum Gasteiger partial charge on any atom is -0.466 e. The summed E-state index contributed by atoms with van der Waals surface area (Å²) in [5.41, 5.74) is 0.880. The lowest BCUT2D eigenvalue weighted by Crippen LogP contribution is -2.07. The number of hydrogen-bond acceptors (Lipinski definition) is 3. The fraction of sp³-hybridized carbons (Fsp3) is 0.400. The topological polar surface area (TPSA) is 46.5 Å². The molecule has 1 rings (SSSR count). The van der Waals surface area contributed by atoms with E-state index >= 15 is 0 Å². The summed E-state index contributed by atoms with van der Waals surface area (Å²) in [6.07, 6.45) is 3.29. The van der Waals surface area contributed by atoms with Crippen molar-refractivity contribution >= 4 is 5.97 Å². The van der Waals surface area contributed by atoms with Crippen LogP contribution in [0.5, 0.6) is 0 Å². The van der Waals surface area contributed by atoms with Gasteiger partial charge in [0.2, 0.25) is 0 Å². The minimum atomic E-state index is -0.551. The molecule has 0 saturated carbocycles. The molecule has 18 heavy (non-hydrogen) atoms. The van der Waals surface area contributed by atoms with Crippen LogP contribution in [0.1, 0.15) is 31.9 Å². The van der Waals surface area contributed by atoms with Crippen molar-refractivity contribution in [2.75, 3.05) is 6.61 Å². The van der Waals surface area contributed by atoms with Gasteiger partial charge in [0.1, 0.15) is 0 Å². The number of ether oxygens (including phenoxy) is 1. The summed E-state index contributed by atoms with van der Waals surface area (Å²) in [5, 5.41) is 10.1. The van der Waals surface area contributed by atoms with Crippen molar-refractivity contribution in [3.8, 4) is 0 Å². The van der Waals surface area contributed by atoms with E-state index in [1.807, 2.05) is 43.3 Å². The fourth-order valence-corrected chi connectivity index (χ4v) is 1.66. The Balaban J connectivity index is 2.47. The lowest BCUT2D eigenvalue weighted by atomic mass is 9.97. The Hall–Kier alpha value is -1.61. The van der Waals surface area contributed by atoms with Gasteiger partial charge in [-0.25, -0.2) is 0 Å². The number of aliphatic hydroxyl groups is 1. The van der Waals surface area contributed by atoms with Gasteiger partial charge < -0.3 is 9.84 Å². The molecule has 0 fully saturated rings. The second kappa shape index (κ2) is 7.67. The largest absolute Gasteiger partial charge is 0.466 e. The van der Waals surface area contributed by atoms with Crippen molar-refractivity contribution in [3.05, 3.63) is 48.0 Å². The molecule has 0 saturated heterocycles. The van der Waals surface area contributed by atoms with Gasteiger partial charge >= 0.3 is 5.97 Å². The zero-order valence-corrected chi connectivity index (χ0v) is 10.9. The van der Waals surface area contributed by atoms with Crippen molar-refractivity contribution in [3.63, 3.8) is 0 Å². The van der Waals surface area contributed by atoms with Crippen LogP contribution in [0.15, 0.2) is 42.5 Å². The van der Waals surface area contributed by atoms with Crippen LogP contribution in [0.4, 0.5) is 0 Å². The van der Waals surface area contributed by atoms with Crippen LogP contribution in [0.3, 0.4) is 0 Å². The van der Waals surface area contributed by atoms with Gasteiger partial charge in [0.25, 0.3) is 0 Å². The average Bonchev–Trinajstić information content (AvgIpc) is 2.39. The molecular weight excluding hydrogens is 228 g/mol. The summed E-state index contributed by atoms with van der Waals surface area (Å²) >= 11 is 0. The summed E-state index contributed by atoms with van der Waals surface area (Å²) in [7, 11) is 0. The van der Waals surface area contributed by atoms with Crippen LogP contribution in [0.2, 0.25) is 0 Å². The average molecular weight is 248 g/mol. The molecule has 0 heterocycles. The van der Waals surface area contributed by atoms with Gasteiger partial charge in [0.15, 0.2) is 0 Å². The Morgan fingerprint density at radius 1 is 1.39 bits per heavy atom. The SMILES string of the molecule is CCOC(=O)C/C=C\[C@@H](C)[C@@H](O)c1ccccc1. The van der Waals surface area contributed by atoms with Crippen LogP contribution < -0.4 is 0 Å². The predicted molar refractivity (Wildman–Crippen MR) is 71.0 cm³/mol. The third-order valence-corrected chi connectivity index (χ3v) is 2.67. The number of rotatable bonds is 6. The highest BCUT2D eigenvalue weighted by molar-refractivity contribution is 5.71. The molecule has 0 aromatic heterocycles. The van der Waals surface area contributed by atoms with Crippen molar-refractivity contribution < 1.29 is 14.6 Å². The molecule has 3 heteroatoms. The molecule has 0 unspecified atom stereocenters. The molecule has 2 atom stereocenters. The van der Waals surface area contributed by atoms with E-state index in [4.69, 9.17) is 4.74 Å². The van der Waals surface area contributed by atoms with Gasteiger partial charge in [-0.2, -0.15) is 0 Å². The van der Waals surface area contributed by atoms with E-state index < -0.39 is 6.10 Å². The summed E-state index contributed by atoms with van der Waals surface area (Å²) < 4.78 is 4.82. The van der Waals surface area contributed by atoms with Crippen LogP contribution in [-0.4, -0.2) is 17.7 Å². The van der Waals surface area contributed by atoms with E-state index in [0.29, 0.717) is 6.61 Å². The molecule has 1 aromatic rings. The van der Waals surface area contributed by atoms with E-state index in [2.05, 4.69) is 0 Å².